The molecule has 1 amide bonds. The van der Waals surface area contributed by atoms with Gasteiger partial charge in [0.2, 0.25) is 5.91 Å². The number of nitrogens with one attached hydrogen (secondary N) is 1. The molecule has 8 heteroatoms. The summed E-state index contributed by atoms with van der Waals surface area (Å²) in [6.45, 7) is 12.6. The minimum Gasteiger partial charge on any atom is -0.339 e. The maximum Gasteiger partial charge on any atom is 0.259 e. The summed E-state index contributed by atoms with van der Waals surface area (Å²) >= 11 is 3.09. The van der Waals surface area contributed by atoms with Crippen LogP contribution in [-0.4, -0.2) is 63.6 Å². The third-order valence-corrected chi connectivity index (χ3v) is 7.28. The Hall–Kier alpha value is -1.38. The lowest BCUT2D eigenvalue weighted by Crippen LogP contribution is -2.50. The molecular formula is C18H26N4O2S2. The number of nitrogens with zero attached hydrogens (tertiary/aromatic N) is 3. The first kappa shape index (κ1) is 19.4. The van der Waals surface area contributed by atoms with Gasteiger partial charge in [0.15, 0.2) is 0 Å². The van der Waals surface area contributed by atoms with Crippen molar-refractivity contribution in [3.63, 3.8) is 0 Å². The molecule has 0 saturated carbocycles. The Labute approximate surface area is 162 Å². The Morgan fingerprint density at radius 2 is 2.00 bits per heavy atom. The van der Waals surface area contributed by atoms with Gasteiger partial charge in [-0.25, -0.2) is 4.98 Å². The van der Waals surface area contributed by atoms with E-state index in [1.165, 1.54) is 11.8 Å². The van der Waals surface area contributed by atoms with Gasteiger partial charge in [0.1, 0.15) is 10.7 Å². The number of rotatable bonds is 5. The minimum atomic E-state index is -0.143. The van der Waals surface area contributed by atoms with Gasteiger partial charge >= 0.3 is 0 Å². The number of aryl methyl sites for hydroxylation is 2. The molecule has 2 aromatic rings. The first-order valence-corrected chi connectivity index (χ1v) is 10.9. The van der Waals surface area contributed by atoms with E-state index in [9.17, 15) is 9.59 Å². The van der Waals surface area contributed by atoms with E-state index in [2.05, 4.69) is 21.8 Å². The molecule has 26 heavy (non-hydrogen) atoms. The molecule has 6 nitrogen and oxygen atoms in total. The van der Waals surface area contributed by atoms with Crippen LogP contribution in [0.5, 0.6) is 0 Å². The fourth-order valence-corrected chi connectivity index (χ4v) is 5.07. The number of fused-ring (bicyclic) bond motifs is 1. The van der Waals surface area contributed by atoms with E-state index in [-0.39, 0.29) is 16.7 Å². The normalized spacial score (nSPS) is 17.0. The summed E-state index contributed by atoms with van der Waals surface area (Å²) in [6, 6.07) is 0. The highest BCUT2D eigenvalue weighted by Gasteiger charge is 2.25. The molecule has 1 aliphatic heterocycles. The van der Waals surface area contributed by atoms with E-state index in [1.807, 2.05) is 25.7 Å². The second kappa shape index (κ2) is 8.10. The van der Waals surface area contributed by atoms with Crippen LogP contribution in [0.1, 0.15) is 30.1 Å². The van der Waals surface area contributed by atoms with E-state index in [0.29, 0.717) is 17.0 Å². The molecular weight excluding hydrogens is 368 g/mol. The number of aromatic amines is 1. The van der Waals surface area contributed by atoms with E-state index >= 15 is 0 Å². The van der Waals surface area contributed by atoms with Gasteiger partial charge in [0, 0.05) is 31.1 Å². The number of likely N-dealkylation sites (N-methyl/N-ethyl adjacent to an activating group) is 1. The molecule has 0 bridgehead atoms. The molecule has 1 atom stereocenters. The molecule has 1 saturated heterocycles. The maximum atomic E-state index is 12.6. The highest BCUT2D eigenvalue weighted by atomic mass is 32.2. The predicted molar refractivity (Wildman–Crippen MR) is 109 cm³/mol. The summed E-state index contributed by atoms with van der Waals surface area (Å²) in [4.78, 5) is 38.7. The number of H-pyrrole nitrogens is 1. The van der Waals surface area contributed by atoms with Gasteiger partial charge < -0.3 is 14.8 Å². The van der Waals surface area contributed by atoms with Crippen molar-refractivity contribution in [2.75, 3.05) is 32.7 Å². The molecule has 142 valence electrons. The summed E-state index contributed by atoms with van der Waals surface area (Å²) in [5.41, 5.74) is 0.926. The number of aromatic nitrogens is 2. The zero-order valence-corrected chi connectivity index (χ0v) is 17.4. The zero-order chi connectivity index (χ0) is 18.8. The molecule has 3 heterocycles. The lowest BCUT2D eigenvalue weighted by Gasteiger charge is -2.35. The molecule has 2 aromatic heterocycles. The summed E-state index contributed by atoms with van der Waals surface area (Å²) < 4.78 is 0. The standard InChI is InChI=1S/C18H26N4O2S2/c1-5-21-6-8-22(9-7-21)18(24)13(4)25-10-14-19-16(23)15-11(2)12(3)26-17(15)20-14/h13H,5-10H2,1-4H3,(H,19,20,23)/t13-/m1/s1. The van der Waals surface area contributed by atoms with Gasteiger partial charge in [0.25, 0.3) is 5.56 Å². The minimum absolute atomic E-state index is 0.0814. The fraction of sp³-hybridized carbons (Fsp3) is 0.611. The Bertz CT molecular complexity index is 853. The number of carbonyl (C=O) groups excluding carboxylic acids is 1. The van der Waals surface area contributed by atoms with E-state index in [4.69, 9.17) is 0 Å². The van der Waals surface area contributed by atoms with Gasteiger partial charge in [-0.2, -0.15) is 0 Å². The Kier molecular flexibility index (Phi) is 6.04. The monoisotopic (exact) mass is 394 g/mol. The molecule has 0 radical (unpaired) electrons. The van der Waals surface area contributed by atoms with Gasteiger partial charge in [-0.15, -0.1) is 23.1 Å². The number of hydrogen-bond donors (Lipinski definition) is 1. The van der Waals surface area contributed by atoms with E-state index in [0.717, 1.165) is 48.0 Å². The van der Waals surface area contributed by atoms with Crippen molar-refractivity contribution in [2.45, 2.75) is 38.7 Å². The summed E-state index contributed by atoms with van der Waals surface area (Å²) in [6.07, 6.45) is 0. The SMILES string of the molecule is CCN1CCN(C(=O)[C@@H](C)SCc2nc3sc(C)c(C)c3c(=O)[nH]2)CC1. The van der Waals surface area contributed by atoms with Gasteiger partial charge in [-0.3, -0.25) is 9.59 Å². The summed E-state index contributed by atoms with van der Waals surface area (Å²) in [7, 11) is 0. The molecule has 3 rings (SSSR count). The highest BCUT2D eigenvalue weighted by molar-refractivity contribution is 7.99. The van der Waals surface area contributed by atoms with Gasteiger partial charge in [-0.1, -0.05) is 6.92 Å². The average molecular weight is 395 g/mol. The lowest BCUT2D eigenvalue weighted by atomic mass is 10.2. The molecule has 0 aliphatic carbocycles. The van der Waals surface area contributed by atoms with Crippen LogP contribution in [0, 0.1) is 13.8 Å². The maximum absolute atomic E-state index is 12.6. The lowest BCUT2D eigenvalue weighted by molar-refractivity contribution is -0.132. The second-order valence-electron chi connectivity index (χ2n) is 6.69. The Morgan fingerprint density at radius 3 is 2.65 bits per heavy atom. The quantitative estimate of drug-likeness (QED) is 0.843. The van der Waals surface area contributed by atoms with Crippen LogP contribution in [-0.2, 0) is 10.5 Å². The molecule has 1 aliphatic rings. The number of carbonyl (C=O) groups is 1. The number of thioether (sulfide) groups is 1. The van der Waals surface area contributed by atoms with Crippen LogP contribution in [0.3, 0.4) is 0 Å². The molecule has 1 N–H and O–H groups in total. The van der Waals surface area contributed by atoms with Crippen LogP contribution in [0.4, 0.5) is 0 Å². The van der Waals surface area contributed by atoms with Crippen molar-refractivity contribution in [1.82, 2.24) is 19.8 Å². The largest absolute Gasteiger partial charge is 0.339 e. The second-order valence-corrected chi connectivity index (χ2v) is 9.22. The third-order valence-electron chi connectivity index (χ3n) is 5.04. The van der Waals surface area contributed by atoms with Crippen molar-refractivity contribution in [3.05, 3.63) is 26.6 Å². The number of thiophene rings is 1. The summed E-state index contributed by atoms with van der Waals surface area (Å²) in [5.74, 6) is 1.35. The van der Waals surface area contributed by atoms with Crippen molar-refractivity contribution in [3.8, 4) is 0 Å². The summed E-state index contributed by atoms with van der Waals surface area (Å²) in [5, 5.41) is 0.551. The molecule has 0 aromatic carbocycles. The smallest absolute Gasteiger partial charge is 0.259 e. The first-order chi connectivity index (χ1) is 12.4. The van der Waals surface area contributed by atoms with Crippen LogP contribution < -0.4 is 5.56 Å². The van der Waals surface area contributed by atoms with Crippen LogP contribution in [0.2, 0.25) is 0 Å². The number of amides is 1. The van der Waals surface area contributed by atoms with Gasteiger partial charge in [-0.05, 0) is 32.9 Å². The zero-order valence-electron chi connectivity index (χ0n) is 15.8. The van der Waals surface area contributed by atoms with Crippen LogP contribution >= 0.6 is 23.1 Å². The Morgan fingerprint density at radius 1 is 1.31 bits per heavy atom. The fourth-order valence-electron chi connectivity index (χ4n) is 3.18. The molecule has 0 unspecified atom stereocenters. The van der Waals surface area contributed by atoms with E-state index in [1.54, 1.807) is 11.3 Å². The average Bonchev–Trinajstić information content (AvgIpc) is 2.93. The molecule has 1 fully saturated rings. The number of hydrogen-bond acceptors (Lipinski definition) is 6. The van der Waals surface area contributed by atoms with E-state index < -0.39 is 0 Å². The third kappa shape index (κ3) is 3.97. The van der Waals surface area contributed by atoms with Crippen LogP contribution in [0.15, 0.2) is 4.79 Å². The number of piperazine rings is 1. The van der Waals surface area contributed by atoms with Crippen molar-refractivity contribution in [1.29, 1.82) is 0 Å². The van der Waals surface area contributed by atoms with Crippen molar-refractivity contribution >= 4 is 39.2 Å². The predicted octanol–water partition coefficient (Wildman–Crippen LogP) is 2.39. The van der Waals surface area contributed by atoms with Crippen LogP contribution in [0.25, 0.3) is 10.2 Å². The highest BCUT2D eigenvalue weighted by Crippen LogP contribution is 2.26. The van der Waals surface area contributed by atoms with Crippen molar-refractivity contribution < 1.29 is 4.79 Å². The van der Waals surface area contributed by atoms with Gasteiger partial charge in [0.05, 0.1) is 16.4 Å². The topological polar surface area (TPSA) is 69.3 Å². The molecule has 0 spiro atoms. The van der Waals surface area contributed by atoms with Crippen molar-refractivity contribution in [2.24, 2.45) is 0 Å². The Balaban J connectivity index is 1.62. The first-order valence-electron chi connectivity index (χ1n) is 9.02.